The average molecular weight is 185 g/mol. The van der Waals surface area contributed by atoms with Gasteiger partial charge in [-0.25, -0.2) is 0 Å². The number of rotatable bonds is 6. The van der Waals surface area contributed by atoms with E-state index in [9.17, 15) is 4.79 Å². The first-order valence-corrected chi connectivity index (χ1v) is 5.46. The van der Waals surface area contributed by atoms with E-state index in [-0.39, 0.29) is 0 Å². The Bertz CT molecular complexity index is 145. The van der Waals surface area contributed by atoms with E-state index in [0.29, 0.717) is 18.4 Å². The van der Waals surface area contributed by atoms with Gasteiger partial charge < -0.3 is 4.90 Å². The van der Waals surface area contributed by atoms with Crippen LogP contribution in [-0.4, -0.2) is 23.4 Å². The Balaban J connectivity index is 4.09. The lowest BCUT2D eigenvalue weighted by Crippen LogP contribution is -2.38. The second-order valence-corrected chi connectivity index (χ2v) is 3.55. The molecule has 0 aliphatic carbocycles. The molecule has 0 spiro atoms. The third kappa shape index (κ3) is 4.30. The van der Waals surface area contributed by atoms with Crippen molar-refractivity contribution in [1.29, 1.82) is 0 Å². The molecule has 0 radical (unpaired) electrons. The quantitative estimate of drug-likeness (QED) is 0.623. The molecule has 1 amide bonds. The highest BCUT2D eigenvalue weighted by atomic mass is 16.2. The highest BCUT2D eigenvalue weighted by Crippen LogP contribution is 2.07. The van der Waals surface area contributed by atoms with Crippen LogP contribution in [0.15, 0.2) is 0 Å². The van der Waals surface area contributed by atoms with E-state index < -0.39 is 0 Å². The normalized spacial score (nSPS) is 12.6. The molecule has 0 aliphatic rings. The van der Waals surface area contributed by atoms with Gasteiger partial charge in [0, 0.05) is 19.0 Å². The summed E-state index contributed by atoms with van der Waals surface area (Å²) in [5, 5.41) is 0. The molecule has 0 aromatic rings. The van der Waals surface area contributed by atoms with Crippen molar-refractivity contribution in [2.24, 2.45) is 0 Å². The van der Waals surface area contributed by atoms with Gasteiger partial charge in [0.1, 0.15) is 0 Å². The van der Waals surface area contributed by atoms with Crippen molar-refractivity contribution in [1.82, 2.24) is 4.90 Å². The highest BCUT2D eigenvalue weighted by molar-refractivity contribution is 5.76. The molecular weight excluding hydrogens is 162 g/mol. The standard InChI is InChI=1S/C11H23NO/c1-5-8-9-12(10(4)6-2)11(13)7-3/h10H,5-9H2,1-4H3. The molecule has 0 N–H and O–H groups in total. The van der Waals surface area contributed by atoms with Crippen molar-refractivity contribution < 1.29 is 4.79 Å². The van der Waals surface area contributed by atoms with Crippen LogP contribution in [0.5, 0.6) is 0 Å². The molecule has 0 bridgehead atoms. The van der Waals surface area contributed by atoms with Crippen LogP contribution in [-0.2, 0) is 4.79 Å². The first-order chi connectivity index (χ1) is 6.17. The van der Waals surface area contributed by atoms with Crippen molar-refractivity contribution >= 4 is 5.91 Å². The Hall–Kier alpha value is -0.530. The van der Waals surface area contributed by atoms with Gasteiger partial charge >= 0.3 is 0 Å². The largest absolute Gasteiger partial charge is 0.340 e. The summed E-state index contributed by atoms with van der Waals surface area (Å²) in [5.41, 5.74) is 0. The molecule has 13 heavy (non-hydrogen) atoms. The minimum absolute atomic E-state index is 0.294. The Kier molecular flexibility index (Phi) is 6.65. The lowest BCUT2D eigenvalue weighted by atomic mass is 10.2. The molecule has 0 rings (SSSR count). The van der Waals surface area contributed by atoms with Gasteiger partial charge in [-0.2, -0.15) is 0 Å². The van der Waals surface area contributed by atoms with E-state index in [1.165, 1.54) is 0 Å². The van der Waals surface area contributed by atoms with Crippen LogP contribution in [0, 0.1) is 0 Å². The van der Waals surface area contributed by atoms with Crippen LogP contribution in [0.25, 0.3) is 0 Å². The summed E-state index contributed by atoms with van der Waals surface area (Å²) in [6.07, 6.45) is 3.96. The molecule has 2 heteroatoms. The zero-order valence-corrected chi connectivity index (χ0v) is 9.47. The van der Waals surface area contributed by atoms with E-state index >= 15 is 0 Å². The van der Waals surface area contributed by atoms with Crippen molar-refractivity contribution in [3.8, 4) is 0 Å². The molecular formula is C11H23NO. The van der Waals surface area contributed by atoms with Crippen molar-refractivity contribution in [3.05, 3.63) is 0 Å². The molecule has 0 fully saturated rings. The smallest absolute Gasteiger partial charge is 0.222 e. The zero-order chi connectivity index (χ0) is 10.3. The van der Waals surface area contributed by atoms with Crippen molar-refractivity contribution in [2.45, 2.75) is 59.4 Å². The minimum atomic E-state index is 0.294. The van der Waals surface area contributed by atoms with Gasteiger partial charge in [-0.15, -0.1) is 0 Å². The van der Waals surface area contributed by atoms with Gasteiger partial charge in [0.25, 0.3) is 0 Å². The summed E-state index contributed by atoms with van der Waals surface area (Å²) < 4.78 is 0. The molecule has 0 aliphatic heterocycles. The van der Waals surface area contributed by atoms with Crippen LogP contribution in [0.4, 0.5) is 0 Å². The molecule has 1 unspecified atom stereocenters. The Labute approximate surface area is 82.3 Å². The van der Waals surface area contributed by atoms with Crippen LogP contribution in [0.3, 0.4) is 0 Å². The van der Waals surface area contributed by atoms with Crippen LogP contribution in [0.2, 0.25) is 0 Å². The maximum atomic E-state index is 11.5. The van der Waals surface area contributed by atoms with Gasteiger partial charge in [0.2, 0.25) is 5.91 Å². The second-order valence-electron chi connectivity index (χ2n) is 3.55. The summed E-state index contributed by atoms with van der Waals surface area (Å²) in [6, 6.07) is 0.402. The number of nitrogens with zero attached hydrogens (tertiary/aromatic N) is 1. The SMILES string of the molecule is CCCCN(C(=O)CC)C(C)CC. The van der Waals surface area contributed by atoms with Crippen LogP contribution in [0.1, 0.15) is 53.4 Å². The maximum absolute atomic E-state index is 11.5. The van der Waals surface area contributed by atoms with E-state index in [4.69, 9.17) is 0 Å². The number of hydrogen-bond donors (Lipinski definition) is 0. The topological polar surface area (TPSA) is 20.3 Å². The Morgan fingerprint density at radius 2 is 1.92 bits per heavy atom. The average Bonchev–Trinajstić information content (AvgIpc) is 2.17. The summed E-state index contributed by atoms with van der Waals surface area (Å²) in [4.78, 5) is 13.6. The lowest BCUT2D eigenvalue weighted by Gasteiger charge is -2.28. The fraction of sp³-hybridized carbons (Fsp3) is 0.909. The number of amides is 1. The second kappa shape index (κ2) is 6.93. The van der Waals surface area contributed by atoms with Gasteiger partial charge in [0.15, 0.2) is 0 Å². The van der Waals surface area contributed by atoms with Crippen molar-refractivity contribution in [2.75, 3.05) is 6.54 Å². The predicted molar refractivity (Wildman–Crippen MR) is 56.7 cm³/mol. The molecule has 2 nitrogen and oxygen atoms in total. The fourth-order valence-corrected chi connectivity index (χ4v) is 1.34. The monoisotopic (exact) mass is 185 g/mol. The number of unbranched alkanes of at least 4 members (excludes halogenated alkanes) is 1. The Morgan fingerprint density at radius 3 is 2.31 bits per heavy atom. The number of carbonyl (C=O) groups is 1. The van der Waals surface area contributed by atoms with Gasteiger partial charge in [-0.3, -0.25) is 4.79 Å². The summed E-state index contributed by atoms with van der Waals surface area (Å²) in [5.74, 6) is 0.294. The highest BCUT2D eigenvalue weighted by Gasteiger charge is 2.15. The van der Waals surface area contributed by atoms with Gasteiger partial charge in [-0.1, -0.05) is 27.2 Å². The molecule has 0 aromatic heterocycles. The summed E-state index contributed by atoms with van der Waals surface area (Å²) in [6.45, 7) is 9.28. The zero-order valence-electron chi connectivity index (χ0n) is 9.47. The summed E-state index contributed by atoms with van der Waals surface area (Å²) >= 11 is 0. The predicted octanol–water partition coefficient (Wildman–Crippen LogP) is 2.82. The minimum Gasteiger partial charge on any atom is -0.340 e. The Morgan fingerprint density at radius 1 is 1.31 bits per heavy atom. The number of hydrogen-bond acceptors (Lipinski definition) is 1. The first-order valence-electron chi connectivity index (χ1n) is 5.46. The van der Waals surface area contributed by atoms with Gasteiger partial charge in [-0.05, 0) is 19.8 Å². The lowest BCUT2D eigenvalue weighted by molar-refractivity contribution is -0.133. The van der Waals surface area contributed by atoms with E-state index in [1.54, 1.807) is 0 Å². The molecule has 0 heterocycles. The molecule has 1 atom stereocenters. The third-order valence-corrected chi connectivity index (χ3v) is 2.50. The first kappa shape index (κ1) is 12.5. The van der Waals surface area contributed by atoms with Gasteiger partial charge in [0.05, 0.1) is 0 Å². The fourth-order valence-electron chi connectivity index (χ4n) is 1.34. The third-order valence-electron chi connectivity index (χ3n) is 2.50. The van der Waals surface area contributed by atoms with E-state index in [1.807, 2.05) is 11.8 Å². The summed E-state index contributed by atoms with van der Waals surface area (Å²) in [7, 11) is 0. The number of carbonyl (C=O) groups excluding carboxylic acids is 1. The molecule has 0 saturated carbocycles. The van der Waals surface area contributed by atoms with E-state index in [0.717, 1.165) is 25.8 Å². The van der Waals surface area contributed by atoms with Crippen molar-refractivity contribution in [3.63, 3.8) is 0 Å². The maximum Gasteiger partial charge on any atom is 0.222 e. The molecule has 78 valence electrons. The van der Waals surface area contributed by atoms with Crippen LogP contribution < -0.4 is 0 Å². The van der Waals surface area contributed by atoms with Crippen LogP contribution >= 0.6 is 0 Å². The molecule has 0 aromatic carbocycles. The molecule has 0 saturated heterocycles. The van der Waals surface area contributed by atoms with E-state index in [2.05, 4.69) is 20.8 Å².